The van der Waals surface area contributed by atoms with Gasteiger partial charge in [0.05, 0.1) is 17.0 Å². The molecule has 0 aromatic heterocycles. The lowest BCUT2D eigenvalue weighted by molar-refractivity contribution is -0.114. The molecule has 0 radical (unpaired) electrons. The standard InChI is InChI=1S/C11H10BrNO4S/c1-18(16,17)6-5-13-9-7(10(14)11(13)15)3-2-4-8(9)12/h2-4H,5-6H2,1H3. The first-order valence-electron chi connectivity index (χ1n) is 5.13. The highest BCUT2D eigenvalue weighted by Gasteiger charge is 2.37. The van der Waals surface area contributed by atoms with Crippen molar-refractivity contribution in [2.75, 3.05) is 23.5 Å². The van der Waals surface area contributed by atoms with Crippen LogP contribution in [0.5, 0.6) is 0 Å². The summed E-state index contributed by atoms with van der Waals surface area (Å²) >= 11 is 3.27. The number of rotatable bonds is 3. The molecule has 0 saturated heterocycles. The molecule has 1 amide bonds. The number of benzene rings is 1. The fraction of sp³-hybridized carbons (Fsp3) is 0.273. The van der Waals surface area contributed by atoms with Gasteiger partial charge < -0.3 is 4.90 Å². The lowest BCUT2D eigenvalue weighted by atomic mass is 10.1. The quantitative estimate of drug-likeness (QED) is 0.775. The molecule has 96 valence electrons. The van der Waals surface area contributed by atoms with E-state index in [9.17, 15) is 18.0 Å². The normalized spacial score (nSPS) is 15.1. The molecule has 0 spiro atoms. The van der Waals surface area contributed by atoms with Crippen LogP contribution in [0.15, 0.2) is 22.7 Å². The van der Waals surface area contributed by atoms with Crippen LogP contribution in [0.1, 0.15) is 10.4 Å². The van der Waals surface area contributed by atoms with Gasteiger partial charge in [0, 0.05) is 17.3 Å². The zero-order valence-electron chi connectivity index (χ0n) is 9.51. The van der Waals surface area contributed by atoms with Crippen LogP contribution in [0.25, 0.3) is 0 Å². The molecule has 0 saturated carbocycles. The van der Waals surface area contributed by atoms with Crippen LogP contribution in [-0.2, 0) is 14.6 Å². The highest BCUT2D eigenvalue weighted by molar-refractivity contribution is 9.10. The number of anilines is 1. The minimum Gasteiger partial charge on any atom is -0.303 e. The number of ketones is 1. The summed E-state index contributed by atoms with van der Waals surface area (Å²) in [5.74, 6) is -1.45. The maximum atomic E-state index is 11.8. The van der Waals surface area contributed by atoms with Crippen molar-refractivity contribution in [1.29, 1.82) is 0 Å². The van der Waals surface area contributed by atoms with Gasteiger partial charge in [0.2, 0.25) is 0 Å². The second-order valence-corrected chi connectivity index (χ2v) is 7.17. The molecule has 18 heavy (non-hydrogen) atoms. The predicted molar refractivity (Wildman–Crippen MR) is 70.5 cm³/mol. The van der Waals surface area contributed by atoms with Crippen LogP contribution in [0.3, 0.4) is 0 Å². The molecule has 0 aliphatic carbocycles. The molecule has 1 aromatic carbocycles. The van der Waals surface area contributed by atoms with Crippen molar-refractivity contribution in [1.82, 2.24) is 0 Å². The van der Waals surface area contributed by atoms with Crippen LogP contribution in [0, 0.1) is 0 Å². The molecule has 0 N–H and O–H groups in total. The van der Waals surface area contributed by atoms with Crippen LogP contribution in [0.2, 0.25) is 0 Å². The number of halogens is 1. The van der Waals surface area contributed by atoms with E-state index >= 15 is 0 Å². The van der Waals surface area contributed by atoms with E-state index in [0.29, 0.717) is 15.7 Å². The van der Waals surface area contributed by atoms with E-state index in [1.807, 2.05) is 0 Å². The summed E-state index contributed by atoms with van der Waals surface area (Å²) in [7, 11) is -3.19. The summed E-state index contributed by atoms with van der Waals surface area (Å²) < 4.78 is 22.9. The summed E-state index contributed by atoms with van der Waals surface area (Å²) in [4.78, 5) is 24.7. The number of para-hydroxylation sites is 1. The molecule has 1 heterocycles. The Labute approximate surface area is 113 Å². The topological polar surface area (TPSA) is 71.5 Å². The van der Waals surface area contributed by atoms with Crippen molar-refractivity contribution in [3.63, 3.8) is 0 Å². The zero-order valence-corrected chi connectivity index (χ0v) is 11.9. The molecular formula is C11H10BrNO4S. The van der Waals surface area contributed by atoms with Crippen molar-refractivity contribution >= 4 is 43.1 Å². The Morgan fingerprint density at radius 1 is 1.28 bits per heavy atom. The van der Waals surface area contributed by atoms with Gasteiger partial charge >= 0.3 is 0 Å². The summed E-state index contributed by atoms with van der Waals surface area (Å²) in [6.07, 6.45) is 1.09. The fourth-order valence-electron chi connectivity index (χ4n) is 1.78. The Morgan fingerprint density at radius 3 is 2.56 bits per heavy atom. The molecule has 0 fully saturated rings. The van der Waals surface area contributed by atoms with Gasteiger partial charge in [-0.2, -0.15) is 0 Å². The second kappa shape index (κ2) is 4.47. The van der Waals surface area contributed by atoms with Gasteiger partial charge in [-0.25, -0.2) is 8.42 Å². The van der Waals surface area contributed by atoms with Crippen molar-refractivity contribution in [3.8, 4) is 0 Å². The Bertz CT molecular complexity index is 638. The first-order valence-corrected chi connectivity index (χ1v) is 7.99. The molecule has 5 nitrogen and oxygen atoms in total. The van der Waals surface area contributed by atoms with E-state index in [2.05, 4.69) is 15.9 Å². The smallest absolute Gasteiger partial charge is 0.299 e. The third-order valence-corrected chi connectivity index (χ3v) is 4.19. The van der Waals surface area contributed by atoms with E-state index in [4.69, 9.17) is 0 Å². The van der Waals surface area contributed by atoms with Gasteiger partial charge in [0.1, 0.15) is 9.84 Å². The van der Waals surface area contributed by atoms with Gasteiger partial charge in [-0.3, -0.25) is 9.59 Å². The van der Waals surface area contributed by atoms with Gasteiger partial charge in [-0.1, -0.05) is 6.07 Å². The maximum absolute atomic E-state index is 11.8. The van der Waals surface area contributed by atoms with Crippen molar-refractivity contribution in [2.45, 2.75) is 0 Å². The van der Waals surface area contributed by atoms with Crippen LogP contribution >= 0.6 is 15.9 Å². The summed E-state index contributed by atoms with van der Waals surface area (Å²) in [5.41, 5.74) is 0.763. The van der Waals surface area contributed by atoms with Crippen LogP contribution in [0.4, 0.5) is 5.69 Å². The minimum atomic E-state index is -3.19. The number of hydrogen-bond acceptors (Lipinski definition) is 4. The third-order valence-electron chi connectivity index (χ3n) is 2.63. The number of nitrogens with zero attached hydrogens (tertiary/aromatic N) is 1. The van der Waals surface area contributed by atoms with Crippen LogP contribution < -0.4 is 4.90 Å². The van der Waals surface area contributed by atoms with Gasteiger partial charge in [-0.15, -0.1) is 0 Å². The number of carbonyl (C=O) groups excluding carboxylic acids is 2. The van der Waals surface area contributed by atoms with Gasteiger partial charge in [-0.05, 0) is 28.1 Å². The summed E-state index contributed by atoms with van der Waals surface area (Å²) in [6.45, 7) is -0.0149. The molecule has 1 aliphatic rings. The monoisotopic (exact) mass is 331 g/mol. The molecule has 1 aliphatic heterocycles. The average molecular weight is 332 g/mol. The molecular weight excluding hydrogens is 322 g/mol. The zero-order chi connectivity index (χ0) is 13.5. The van der Waals surface area contributed by atoms with E-state index in [1.54, 1.807) is 18.2 Å². The fourth-order valence-corrected chi connectivity index (χ4v) is 2.88. The second-order valence-electron chi connectivity index (χ2n) is 4.05. The van der Waals surface area contributed by atoms with E-state index in [1.165, 1.54) is 4.90 Å². The number of carbonyl (C=O) groups is 2. The Hall–Kier alpha value is -1.21. The number of sulfone groups is 1. The summed E-state index contributed by atoms with van der Waals surface area (Å²) in [5, 5.41) is 0. The Balaban J connectivity index is 2.40. The van der Waals surface area contributed by atoms with Gasteiger partial charge in [0.15, 0.2) is 0 Å². The third kappa shape index (κ3) is 2.32. The van der Waals surface area contributed by atoms with Crippen LogP contribution in [-0.4, -0.2) is 38.7 Å². The first-order chi connectivity index (χ1) is 8.31. The van der Waals surface area contributed by atoms with Crippen molar-refractivity contribution in [2.24, 2.45) is 0 Å². The Morgan fingerprint density at radius 2 is 1.94 bits per heavy atom. The Kier molecular flexibility index (Phi) is 3.29. The molecule has 2 rings (SSSR count). The lowest BCUT2D eigenvalue weighted by Gasteiger charge is -2.16. The van der Waals surface area contributed by atoms with Crippen molar-refractivity contribution in [3.05, 3.63) is 28.2 Å². The first kappa shape index (κ1) is 13.2. The molecule has 0 unspecified atom stereocenters. The van der Waals surface area contributed by atoms with E-state index in [-0.39, 0.29) is 12.3 Å². The molecule has 1 aromatic rings. The number of Topliss-reactive ketones (excluding diaryl/α,β-unsaturated/α-hetero) is 1. The van der Waals surface area contributed by atoms with E-state index < -0.39 is 21.5 Å². The predicted octanol–water partition coefficient (Wildman–Crippen LogP) is 1.02. The number of hydrogen-bond donors (Lipinski definition) is 0. The highest BCUT2D eigenvalue weighted by atomic mass is 79.9. The van der Waals surface area contributed by atoms with E-state index in [0.717, 1.165) is 6.26 Å². The minimum absolute atomic E-state index is 0.0149. The number of fused-ring (bicyclic) bond motifs is 1. The average Bonchev–Trinajstić information content (AvgIpc) is 2.51. The highest BCUT2D eigenvalue weighted by Crippen LogP contribution is 2.35. The SMILES string of the molecule is CS(=O)(=O)CCN1C(=O)C(=O)c2cccc(Br)c21. The van der Waals surface area contributed by atoms with Gasteiger partial charge in [0.25, 0.3) is 11.7 Å². The summed E-state index contributed by atoms with van der Waals surface area (Å²) in [6, 6.07) is 4.92. The van der Waals surface area contributed by atoms with Crippen molar-refractivity contribution < 1.29 is 18.0 Å². The lowest BCUT2D eigenvalue weighted by Crippen LogP contribution is -2.34. The maximum Gasteiger partial charge on any atom is 0.299 e. The largest absolute Gasteiger partial charge is 0.303 e. The molecule has 0 bridgehead atoms. The molecule has 0 atom stereocenters. The molecule has 7 heteroatoms. The number of amides is 1.